The summed E-state index contributed by atoms with van der Waals surface area (Å²) in [4.78, 5) is 9.44. The summed E-state index contributed by atoms with van der Waals surface area (Å²) in [6, 6.07) is 5.92. The van der Waals surface area contributed by atoms with Crippen LogP contribution in [0, 0.1) is 0 Å². The number of nitrogens with one attached hydrogen (secondary N) is 2. The van der Waals surface area contributed by atoms with Gasteiger partial charge >= 0.3 is 0 Å². The van der Waals surface area contributed by atoms with Crippen molar-refractivity contribution in [1.82, 2.24) is 9.97 Å². The first-order valence-electron chi connectivity index (χ1n) is 5.31. The van der Waals surface area contributed by atoms with Crippen molar-refractivity contribution < 1.29 is 5.11 Å². The van der Waals surface area contributed by atoms with Crippen LogP contribution in [-0.4, -0.2) is 28.2 Å². The van der Waals surface area contributed by atoms with E-state index in [1.54, 1.807) is 11.3 Å². The molecule has 0 saturated carbocycles. The molecule has 0 spiro atoms. The van der Waals surface area contributed by atoms with Gasteiger partial charge in [0.25, 0.3) is 0 Å². The number of nitrogens with zero attached hydrogens (tertiary/aromatic N) is 2. The summed E-state index contributed by atoms with van der Waals surface area (Å²) in [5, 5.41) is 17.0. The van der Waals surface area contributed by atoms with Crippen molar-refractivity contribution in [2.24, 2.45) is 0 Å². The van der Waals surface area contributed by atoms with Crippen molar-refractivity contribution in [3.8, 4) is 0 Å². The molecular weight excluding hydrogens is 236 g/mol. The lowest BCUT2D eigenvalue weighted by molar-refractivity contribution is 0.311. The lowest BCUT2D eigenvalue weighted by Gasteiger charge is -2.06. The van der Waals surface area contributed by atoms with Crippen LogP contribution in [0.5, 0.6) is 0 Å². The molecule has 0 aliphatic heterocycles. The van der Waals surface area contributed by atoms with Gasteiger partial charge in [0.05, 0.1) is 13.2 Å². The molecule has 2 aromatic heterocycles. The van der Waals surface area contributed by atoms with Gasteiger partial charge in [-0.1, -0.05) is 6.07 Å². The summed E-state index contributed by atoms with van der Waals surface area (Å²) in [5.74, 6) is 1.48. The van der Waals surface area contributed by atoms with E-state index in [2.05, 4.69) is 26.7 Å². The molecule has 2 aromatic rings. The van der Waals surface area contributed by atoms with Gasteiger partial charge in [-0.25, -0.2) is 9.97 Å². The van der Waals surface area contributed by atoms with Crippen molar-refractivity contribution in [3.63, 3.8) is 0 Å². The number of hydrogen-bond donors (Lipinski definition) is 3. The SMILES string of the molecule is OCCNc1cc(NCc2cccs2)ncn1. The Bertz CT molecular complexity index is 446. The molecule has 0 aliphatic rings. The number of rotatable bonds is 6. The fraction of sp³-hybridized carbons (Fsp3) is 0.273. The molecule has 0 fully saturated rings. The molecule has 0 unspecified atom stereocenters. The standard InChI is InChI=1S/C11H14N4OS/c16-4-3-12-10-6-11(15-8-14-10)13-7-9-2-1-5-17-9/h1-2,5-6,8,16H,3-4,7H2,(H2,12,13,14,15). The number of thiophene rings is 1. The Morgan fingerprint density at radius 2 is 2.06 bits per heavy atom. The van der Waals surface area contributed by atoms with Crippen molar-refractivity contribution >= 4 is 23.0 Å². The van der Waals surface area contributed by atoms with Crippen LogP contribution in [-0.2, 0) is 6.54 Å². The first-order chi connectivity index (χ1) is 8.38. The summed E-state index contributed by atoms with van der Waals surface area (Å²) < 4.78 is 0. The van der Waals surface area contributed by atoms with E-state index in [0.29, 0.717) is 12.4 Å². The quantitative estimate of drug-likeness (QED) is 0.725. The zero-order valence-electron chi connectivity index (χ0n) is 9.26. The second kappa shape index (κ2) is 6.17. The lowest BCUT2D eigenvalue weighted by atomic mass is 10.4. The molecule has 0 atom stereocenters. The molecule has 3 N–H and O–H groups in total. The van der Waals surface area contributed by atoms with Crippen LogP contribution in [0.1, 0.15) is 4.88 Å². The van der Waals surface area contributed by atoms with Gasteiger partial charge in [0.2, 0.25) is 0 Å². The van der Waals surface area contributed by atoms with E-state index in [1.807, 2.05) is 17.5 Å². The van der Waals surface area contributed by atoms with Gasteiger partial charge < -0.3 is 15.7 Å². The minimum absolute atomic E-state index is 0.0853. The second-order valence-electron chi connectivity index (χ2n) is 3.37. The third kappa shape index (κ3) is 3.69. The third-order valence-corrected chi connectivity index (χ3v) is 2.99. The van der Waals surface area contributed by atoms with Gasteiger partial charge in [0.15, 0.2) is 0 Å². The number of aliphatic hydroxyl groups is 1. The van der Waals surface area contributed by atoms with Crippen molar-refractivity contribution in [2.45, 2.75) is 6.54 Å². The van der Waals surface area contributed by atoms with Gasteiger partial charge in [-0.05, 0) is 11.4 Å². The first-order valence-corrected chi connectivity index (χ1v) is 6.19. The predicted molar refractivity (Wildman–Crippen MR) is 69.3 cm³/mol. The fourth-order valence-corrected chi connectivity index (χ4v) is 1.97. The number of hydrogen-bond acceptors (Lipinski definition) is 6. The van der Waals surface area contributed by atoms with E-state index in [1.165, 1.54) is 11.2 Å². The highest BCUT2D eigenvalue weighted by molar-refractivity contribution is 7.09. The van der Waals surface area contributed by atoms with E-state index < -0.39 is 0 Å². The maximum atomic E-state index is 8.71. The predicted octanol–water partition coefficient (Wildman–Crippen LogP) is 1.55. The van der Waals surface area contributed by atoms with Gasteiger partial charge in [0.1, 0.15) is 18.0 Å². The Morgan fingerprint density at radius 3 is 2.76 bits per heavy atom. The summed E-state index contributed by atoms with van der Waals surface area (Å²) in [5.41, 5.74) is 0. The summed E-state index contributed by atoms with van der Waals surface area (Å²) in [7, 11) is 0. The summed E-state index contributed by atoms with van der Waals surface area (Å²) in [6.07, 6.45) is 1.50. The molecule has 2 heterocycles. The lowest BCUT2D eigenvalue weighted by Crippen LogP contribution is -2.08. The van der Waals surface area contributed by atoms with Gasteiger partial charge in [0, 0.05) is 17.5 Å². The average molecular weight is 250 g/mol. The number of aromatic nitrogens is 2. The normalized spacial score (nSPS) is 10.2. The van der Waals surface area contributed by atoms with E-state index >= 15 is 0 Å². The zero-order chi connectivity index (χ0) is 11.9. The van der Waals surface area contributed by atoms with Crippen LogP contribution in [0.15, 0.2) is 29.9 Å². The van der Waals surface area contributed by atoms with E-state index in [9.17, 15) is 0 Å². The molecule has 6 heteroatoms. The van der Waals surface area contributed by atoms with Crippen LogP contribution in [0.25, 0.3) is 0 Å². The second-order valence-corrected chi connectivity index (χ2v) is 4.40. The Hall–Kier alpha value is -1.66. The van der Waals surface area contributed by atoms with Gasteiger partial charge in [-0.3, -0.25) is 0 Å². The van der Waals surface area contributed by atoms with Crippen LogP contribution in [0.2, 0.25) is 0 Å². The molecule has 0 aliphatic carbocycles. The van der Waals surface area contributed by atoms with Gasteiger partial charge in [-0.2, -0.15) is 0 Å². The number of aliphatic hydroxyl groups excluding tert-OH is 1. The molecule has 0 aromatic carbocycles. The maximum Gasteiger partial charge on any atom is 0.131 e. The van der Waals surface area contributed by atoms with Crippen molar-refractivity contribution in [3.05, 3.63) is 34.8 Å². The average Bonchev–Trinajstić information content (AvgIpc) is 2.87. The minimum Gasteiger partial charge on any atom is -0.395 e. The monoisotopic (exact) mass is 250 g/mol. The van der Waals surface area contributed by atoms with Gasteiger partial charge in [-0.15, -0.1) is 11.3 Å². The Labute approximate surface area is 104 Å². The zero-order valence-corrected chi connectivity index (χ0v) is 10.1. The molecule has 0 bridgehead atoms. The Kier molecular flexibility index (Phi) is 4.29. The minimum atomic E-state index is 0.0853. The molecule has 90 valence electrons. The first kappa shape index (κ1) is 11.8. The molecule has 5 nitrogen and oxygen atoms in total. The summed E-state index contributed by atoms with van der Waals surface area (Å²) in [6.45, 7) is 1.33. The summed E-state index contributed by atoms with van der Waals surface area (Å²) >= 11 is 1.71. The molecule has 0 saturated heterocycles. The molecule has 17 heavy (non-hydrogen) atoms. The third-order valence-electron chi connectivity index (χ3n) is 2.11. The highest BCUT2D eigenvalue weighted by atomic mass is 32.1. The highest BCUT2D eigenvalue weighted by Gasteiger charge is 1.98. The maximum absolute atomic E-state index is 8.71. The van der Waals surface area contributed by atoms with Crippen molar-refractivity contribution in [1.29, 1.82) is 0 Å². The van der Waals surface area contributed by atoms with E-state index in [-0.39, 0.29) is 6.61 Å². The van der Waals surface area contributed by atoms with E-state index in [0.717, 1.165) is 12.4 Å². The molecule has 0 radical (unpaired) electrons. The molecule has 2 rings (SSSR count). The van der Waals surface area contributed by atoms with Crippen LogP contribution in [0.4, 0.5) is 11.6 Å². The number of anilines is 2. The van der Waals surface area contributed by atoms with Crippen molar-refractivity contribution in [2.75, 3.05) is 23.8 Å². The topological polar surface area (TPSA) is 70.1 Å². The van der Waals surface area contributed by atoms with E-state index in [4.69, 9.17) is 5.11 Å². The molecular formula is C11H14N4OS. The smallest absolute Gasteiger partial charge is 0.131 e. The Balaban J connectivity index is 1.91. The molecule has 0 amide bonds. The largest absolute Gasteiger partial charge is 0.395 e. The Morgan fingerprint density at radius 1 is 1.24 bits per heavy atom. The highest BCUT2D eigenvalue weighted by Crippen LogP contribution is 2.12. The van der Waals surface area contributed by atoms with Crippen LogP contribution < -0.4 is 10.6 Å². The van der Waals surface area contributed by atoms with Crippen LogP contribution in [0.3, 0.4) is 0 Å². The fourth-order valence-electron chi connectivity index (χ4n) is 1.33. The van der Waals surface area contributed by atoms with Crippen LogP contribution >= 0.6 is 11.3 Å².